The minimum absolute atomic E-state index is 0.123. The first-order valence-corrected chi connectivity index (χ1v) is 12.5. The van der Waals surface area contributed by atoms with Gasteiger partial charge < -0.3 is 14.8 Å². The molecule has 1 aliphatic heterocycles. The third kappa shape index (κ3) is 6.01. The van der Waals surface area contributed by atoms with Crippen molar-refractivity contribution >= 4 is 15.9 Å². The maximum absolute atomic E-state index is 13.0. The molecule has 0 saturated carbocycles. The molecule has 3 rings (SSSR count). The van der Waals surface area contributed by atoms with Gasteiger partial charge >= 0.3 is 0 Å². The fourth-order valence-corrected chi connectivity index (χ4v) is 5.41. The summed E-state index contributed by atoms with van der Waals surface area (Å²) in [4.78, 5) is 12.7. The number of nitrogens with one attached hydrogen (secondary N) is 1. The Bertz CT molecular complexity index is 1020. The second-order valence-electron chi connectivity index (χ2n) is 7.76. The van der Waals surface area contributed by atoms with Gasteiger partial charge in [-0.15, -0.1) is 0 Å². The fourth-order valence-electron chi connectivity index (χ4n) is 3.84. The Balaban J connectivity index is 1.65. The van der Waals surface area contributed by atoms with Gasteiger partial charge in [0, 0.05) is 31.6 Å². The van der Waals surface area contributed by atoms with E-state index in [2.05, 4.69) is 5.32 Å². The lowest BCUT2D eigenvalue weighted by atomic mass is 10.1. The average Bonchev–Trinajstić information content (AvgIpc) is 2.82. The molecule has 1 saturated heterocycles. The summed E-state index contributed by atoms with van der Waals surface area (Å²) in [6.45, 7) is 3.95. The highest BCUT2D eigenvalue weighted by molar-refractivity contribution is 7.89. The van der Waals surface area contributed by atoms with Crippen LogP contribution >= 0.6 is 0 Å². The van der Waals surface area contributed by atoms with Crippen LogP contribution in [0, 0.1) is 0 Å². The normalized spacial score (nSPS) is 14.7. The van der Waals surface area contributed by atoms with Gasteiger partial charge in [-0.3, -0.25) is 4.79 Å². The smallest absolute Gasteiger partial charge is 0.243 e. The summed E-state index contributed by atoms with van der Waals surface area (Å²) in [7, 11) is -2.00. The zero-order valence-electron chi connectivity index (χ0n) is 18.8. The highest BCUT2D eigenvalue weighted by atomic mass is 32.2. The molecule has 0 spiro atoms. The van der Waals surface area contributed by atoms with E-state index in [1.54, 1.807) is 29.6 Å². The minimum Gasteiger partial charge on any atom is -0.496 e. The van der Waals surface area contributed by atoms with Gasteiger partial charge in [0.05, 0.1) is 18.6 Å². The van der Waals surface area contributed by atoms with Crippen molar-refractivity contribution in [2.45, 2.75) is 50.5 Å². The van der Waals surface area contributed by atoms with Gasteiger partial charge in [0.25, 0.3) is 0 Å². The fraction of sp³-hybridized carbons (Fsp3) is 0.458. The molecule has 1 fully saturated rings. The Hall–Kier alpha value is -2.58. The number of aryl methyl sites for hydroxylation is 1. The van der Waals surface area contributed by atoms with Gasteiger partial charge in [-0.1, -0.05) is 24.6 Å². The number of sulfonamides is 1. The standard InChI is InChI=1S/C24H32N2O5S/c1-3-31-23-10-6-5-9-20(23)18-25-24(27)14-11-19-17-21(12-13-22(19)30-2)32(28,29)26-15-7-4-8-16-26/h5-6,9-10,12-13,17H,3-4,7-8,11,14-16,18H2,1-2H3,(H,25,27). The van der Waals surface area contributed by atoms with Crippen LogP contribution in [0.1, 0.15) is 43.7 Å². The minimum atomic E-state index is -3.54. The van der Waals surface area contributed by atoms with Crippen LogP contribution in [0.4, 0.5) is 0 Å². The number of nitrogens with zero attached hydrogens (tertiary/aromatic N) is 1. The van der Waals surface area contributed by atoms with E-state index in [4.69, 9.17) is 9.47 Å². The summed E-state index contributed by atoms with van der Waals surface area (Å²) >= 11 is 0. The van der Waals surface area contributed by atoms with Crippen molar-refractivity contribution in [2.75, 3.05) is 26.8 Å². The average molecular weight is 461 g/mol. The van der Waals surface area contributed by atoms with Crippen molar-refractivity contribution in [3.8, 4) is 11.5 Å². The Morgan fingerprint density at radius 3 is 2.50 bits per heavy atom. The zero-order valence-corrected chi connectivity index (χ0v) is 19.6. The molecule has 0 bridgehead atoms. The molecule has 0 unspecified atom stereocenters. The van der Waals surface area contributed by atoms with E-state index in [1.807, 2.05) is 31.2 Å². The largest absolute Gasteiger partial charge is 0.496 e. The molecule has 0 radical (unpaired) electrons. The summed E-state index contributed by atoms with van der Waals surface area (Å²) in [5, 5.41) is 2.92. The van der Waals surface area contributed by atoms with Crippen LogP contribution in [-0.4, -0.2) is 45.4 Å². The summed E-state index contributed by atoms with van der Waals surface area (Å²) in [5.41, 5.74) is 1.62. The molecule has 0 aromatic heterocycles. The molecular weight excluding hydrogens is 428 g/mol. The highest BCUT2D eigenvalue weighted by Crippen LogP contribution is 2.27. The number of para-hydroxylation sites is 1. The topological polar surface area (TPSA) is 84.9 Å². The van der Waals surface area contributed by atoms with E-state index in [0.29, 0.717) is 44.0 Å². The number of ether oxygens (including phenoxy) is 2. The van der Waals surface area contributed by atoms with Gasteiger partial charge in [0.2, 0.25) is 15.9 Å². The third-order valence-electron chi connectivity index (χ3n) is 5.57. The van der Waals surface area contributed by atoms with Gasteiger partial charge in [-0.05, 0) is 56.0 Å². The van der Waals surface area contributed by atoms with Crippen LogP contribution in [-0.2, 0) is 27.8 Å². The summed E-state index contributed by atoms with van der Waals surface area (Å²) < 4.78 is 38.6. The first kappa shape index (κ1) is 24.1. The predicted octanol–water partition coefficient (Wildman–Crippen LogP) is 3.52. The van der Waals surface area contributed by atoms with Gasteiger partial charge in [-0.2, -0.15) is 4.31 Å². The molecule has 0 atom stereocenters. The zero-order chi connectivity index (χ0) is 23.0. The van der Waals surface area contributed by atoms with Crippen LogP contribution in [0.2, 0.25) is 0 Å². The van der Waals surface area contributed by atoms with E-state index >= 15 is 0 Å². The second kappa shape index (κ2) is 11.3. The number of carbonyl (C=O) groups excluding carboxylic acids is 1. The van der Waals surface area contributed by atoms with Crippen LogP contribution in [0.25, 0.3) is 0 Å². The third-order valence-corrected chi connectivity index (χ3v) is 7.47. The lowest BCUT2D eigenvalue weighted by Gasteiger charge is -2.26. The molecule has 1 N–H and O–H groups in total. The van der Waals surface area contributed by atoms with E-state index in [9.17, 15) is 13.2 Å². The van der Waals surface area contributed by atoms with Gasteiger partial charge in [-0.25, -0.2) is 8.42 Å². The number of benzene rings is 2. The van der Waals surface area contributed by atoms with E-state index in [0.717, 1.165) is 30.6 Å². The number of hydrogen-bond acceptors (Lipinski definition) is 5. The van der Waals surface area contributed by atoms with Crippen LogP contribution in [0.5, 0.6) is 11.5 Å². The maximum Gasteiger partial charge on any atom is 0.243 e. The Morgan fingerprint density at radius 2 is 1.78 bits per heavy atom. The first-order valence-electron chi connectivity index (χ1n) is 11.1. The van der Waals surface area contributed by atoms with Crippen LogP contribution in [0.15, 0.2) is 47.4 Å². The number of piperidine rings is 1. The molecule has 1 heterocycles. The maximum atomic E-state index is 13.0. The Morgan fingerprint density at radius 1 is 1.03 bits per heavy atom. The second-order valence-corrected chi connectivity index (χ2v) is 9.69. The van der Waals surface area contributed by atoms with Crippen molar-refractivity contribution in [2.24, 2.45) is 0 Å². The predicted molar refractivity (Wildman–Crippen MR) is 123 cm³/mol. The van der Waals surface area contributed by atoms with E-state index in [1.165, 1.54) is 0 Å². The number of amides is 1. The van der Waals surface area contributed by atoms with Crippen LogP contribution in [0.3, 0.4) is 0 Å². The van der Waals surface area contributed by atoms with E-state index in [-0.39, 0.29) is 17.2 Å². The summed E-state index contributed by atoms with van der Waals surface area (Å²) in [6, 6.07) is 12.5. The lowest BCUT2D eigenvalue weighted by molar-refractivity contribution is -0.121. The molecule has 174 valence electrons. The molecule has 2 aromatic carbocycles. The summed E-state index contributed by atoms with van der Waals surface area (Å²) in [6.07, 6.45) is 3.43. The lowest BCUT2D eigenvalue weighted by Crippen LogP contribution is -2.35. The number of carbonyl (C=O) groups is 1. The van der Waals surface area contributed by atoms with Crippen LogP contribution < -0.4 is 14.8 Å². The van der Waals surface area contributed by atoms with Crippen molar-refractivity contribution in [1.82, 2.24) is 9.62 Å². The Kier molecular flexibility index (Phi) is 8.53. The SMILES string of the molecule is CCOc1ccccc1CNC(=O)CCc1cc(S(=O)(=O)N2CCCCC2)ccc1OC. The molecule has 32 heavy (non-hydrogen) atoms. The van der Waals surface area contributed by atoms with Crippen molar-refractivity contribution in [1.29, 1.82) is 0 Å². The summed E-state index contributed by atoms with van der Waals surface area (Å²) in [5.74, 6) is 1.22. The van der Waals surface area contributed by atoms with Gasteiger partial charge in [0.15, 0.2) is 0 Å². The van der Waals surface area contributed by atoms with Crippen molar-refractivity contribution in [3.63, 3.8) is 0 Å². The van der Waals surface area contributed by atoms with E-state index < -0.39 is 10.0 Å². The quantitative estimate of drug-likeness (QED) is 0.586. The highest BCUT2D eigenvalue weighted by Gasteiger charge is 2.26. The van der Waals surface area contributed by atoms with Gasteiger partial charge in [0.1, 0.15) is 11.5 Å². The monoisotopic (exact) mass is 460 g/mol. The number of hydrogen-bond donors (Lipinski definition) is 1. The van der Waals surface area contributed by atoms with Crippen molar-refractivity contribution < 1.29 is 22.7 Å². The molecule has 0 aliphatic carbocycles. The molecule has 2 aromatic rings. The first-order chi connectivity index (χ1) is 15.5. The Labute approximate surface area is 190 Å². The number of methoxy groups -OCH3 is 1. The molecule has 7 nitrogen and oxygen atoms in total. The number of rotatable bonds is 10. The molecule has 8 heteroatoms. The molecule has 1 aliphatic rings. The molecule has 1 amide bonds. The van der Waals surface area contributed by atoms with Crippen molar-refractivity contribution in [3.05, 3.63) is 53.6 Å². The molecular formula is C24H32N2O5S.